The van der Waals surface area contributed by atoms with E-state index in [9.17, 15) is 8.42 Å². The molecule has 2 N–H and O–H groups in total. The van der Waals surface area contributed by atoms with Gasteiger partial charge in [-0.05, 0) is 36.4 Å². The number of anilines is 3. The topological polar surface area (TPSA) is 90.5 Å². The molecule has 3 aromatic rings. The molecule has 0 amide bonds. The zero-order valence-electron chi connectivity index (χ0n) is 18.8. The fraction of sp³-hybridized carbons (Fsp3) is 0.304. The first-order chi connectivity index (χ1) is 15.9. The van der Waals surface area contributed by atoms with Crippen molar-refractivity contribution >= 4 is 51.5 Å². The molecule has 4 rings (SSSR count). The summed E-state index contributed by atoms with van der Waals surface area (Å²) >= 11 is 5.90. The Hall–Kier alpha value is -2.59. The van der Waals surface area contributed by atoms with Crippen LogP contribution in [0.2, 0.25) is 5.02 Å². The van der Waals surface area contributed by atoms with Crippen LogP contribution in [0.3, 0.4) is 0 Å². The third-order valence-electron chi connectivity index (χ3n) is 5.55. The molecule has 182 valence electrons. The highest BCUT2D eigenvalue weighted by atomic mass is 35.5. The van der Waals surface area contributed by atoms with Gasteiger partial charge in [0.2, 0.25) is 5.95 Å². The van der Waals surface area contributed by atoms with Gasteiger partial charge in [-0.2, -0.15) is 4.98 Å². The minimum atomic E-state index is -3.83. The van der Waals surface area contributed by atoms with Gasteiger partial charge in [-0.1, -0.05) is 48.9 Å². The molecule has 0 spiro atoms. The number of piperazine rings is 1. The number of likely N-dealkylation sites (N-methyl/N-ethyl adjacent to an activating group) is 1. The van der Waals surface area contributed by atoms with E-state index in [-0.39, 0.29) is 23.0 Å². The summed E-state index contributed by atoms with van der Waals surface area (Å²) in [6, 6.07) is 15.9. The lowest BCUT2D eigenvalue weighted by molar-refractivity contribution is 0.270. The van der Waals surface area contributed by atoms with Crippen LogP contribution in [0.25, 0.3) is 0 Å². The first kappa shape index (κ1) is 26.0. The van der Waals surface area contributed by atoms with Gasteiger partial charge in [0.15, 0.2) is 5.82 Å². The fourth-order valence-corrected chi connectivity index (χ4v) is 4.77. The lowest BCUT2D eigenvalue weighted by Crippen LogP contribution is -2.46. The summed E-state index contributed by atoms with van der Waals surface area (Å²) < 4.78 is 28.5. The van der Waals surface area contributed by atoms with Gasteiger partial charge in [0.1, 0.15) is 5.69 Å². The van der Waals surface area contributed by atoms with E-state index in [1.165, 1.54) is 18.3 Å². The molecule has 0 aliphatic carbocycles. The third-order valence-corrected chi connectivity index (χ3v) is 7.18. The number of nitrogens with one attached hydrogen (secondary N) is 2. The molecule has 34 heavy (non-hydrogen) atoms. The number of sulfonamides is 1. The van der Waals surface area contributed by atoms with Crippen molar-refractivity contribution in [3.05, 3.63) is 71.4 Å². The van der Waals surface area contributed by atoms with E-state index in [4.69, 9.17) is 16.6 Å². The van der Waals surface area contributed by atoms with Gasteiger partial charge < -0.3 is 15.1 Å². The van der Waals surface area contributed by atoms with E-state index in [2.05, 4.69) is 31.7 Å². The van der Waals surface area contributed by atoms with Gasteiger partial charge in [-0.25, -0.2) is 13.4 Å². The van der Waals surface area contributed by atoms with Gasteiger partial charge in [0, 0.05) is 37.7 Å². The number of aromatic nitrogens is 2. The molecule has 11 heteroatoms. The molecule has 2 aromatic carbocycles. The van der Waals surface area contributed by atoms with E-state index in [0.717, 1.165) is 38.3 Å². The summed E-state index contributed by atoms with van der Waals surface area (Å²) in [6.07, 6.45) is 1.52. The largest absolute Gasteiger partial charge is 0.364 e. The molecule has 1 aliphatic rings. The molecule has 8 nitrogen and oxygen atoms in total. The first-order valence-corrected chi connectivity index (χ1v) is 12.7. The van der Waals surface area contributed by atoms with Gasteiger partial charge >= 0.3 is 0 Å². The molecular formula is C23H28Cl2N6O2S. The van der Waals surface area contributed by atoms with Crippen LogP contribution in [0.15, 0.2) is 65.7 Å². The summed E-state index contributed by atoms with van der Waals surface area (Å²) in [6.45, 7) is 7.19. The van der Waals surface area contributed by atoms with Gasteiger partial charge in [0.05, 0.1) is 11.1 Å². The highest BCUT2D eigenvalue weighted by molar-refractivity contribution is 7.92. The predicted octanol–water partition coefficient (Wildman–Crippen LogP) is 4.11. The van der Waals surface area contributed by atoms with Crippen LogP contribution >= 0.6 is 24.0 Å². The number of hydrogen-bond acceptors (Lipinski definition) is 7. The molecule has 0 atom stereocenters. The molecule has 0 unspecified atom stereocenters. The van der Waals surface area contributed by atoms with E-state index in [0.29, 0.717) is 23.3 Å². The second-order valence-corrected chi connectivity index (χ2v) is 9.87. The van der Waals surface area contributed by atoms with Crippen molar-refractivity contribution < 1.29 is 8.42 Å². The monoisotopic (exact) mass is 522 g/mol. The van der Waals surface area contributed by atoms with Crippen LogP contribution in [-0.2, 0) is 16.6 Å². The highest BCUT2D eigenvalue weighted by Crippen LogP contribution is 2.26. The van der Waals surface area contributed by atoms with Crippen LogP contribution in [0.1, 0.15) is 12.5 Å². The average molecular weight is 523 g/mol. The van der Waals surface area contributed by atoms with Crippen LogP contribution in [-0.4, -0.2) is 56.0 Å². The quantitative estimate of drug-likeness (QED) is 0.459. The van der Waals surface area contributed by atoms with Crippen molar-refractivity contribution in [2.75, 3.05) is 47.7 Å². The molecule has 2 heterocycles. The van der Waals surface area contributed by atoms with Crippen LogP contribution in [0.4, 0.5) is 17.5 Å². The highest BCUT2D eigenvalue weighted by Gasteiger charge is 2.21. The summed E-state index contributed by atoms with van der Waals surface area (Å²) in [7, 11) is -3.83. The Kier molecular flexibility index (Phi) is 8.96. The summed E-state index contributed by atoms with van der Waals surface area (Å²) in [5, 5.41) is 3.74. The average Bonchev–Trinajstić information content (AvgIpc) is 2.84. The Bertz CT molecular complexity index is 1170. The standard InChI is InChI=1S/C23H27ClN6O2S.ClH/c1-2-29-12-14-30(15-13-29)23-26-17-21(22(27-23)25-16-18-6-4-3-5-7-18)28-33(31,32)20-10-8-19(24)9-11-20;/h3-11,17,28H,2,12-16H2,1H3,(H,25,26,27);1H. The van der Waals surface area contributed by atoms with E-state index >= 15 is 0 Å². The van der Waals surface area contributed by atoms with Crippen molar-refractivity contribution in [3.63, 3.8) is 0 Å². The number of rotatable bonds is 8. The second kappa shape index (κ2) is 11.7. The maximum absolute atomic E-state index is 12.9. The second-order valence-electron chi connectivity index (χ2n) is 7.75. The van der Waals surface area contributed by atoms with Crippen molar-refractivity contribution in [3.8, 4) is 0 Å². The van der Waals surface area contributed by atoms with E-state index in [1.807, 2.05) is 30.3 Å². The summed E-state index contributed by atoms with van der Waals surface area (Å²) in [5.74, 6) is 1.01. The Balaban J connectivity index is 0.00000324. The first-order valence-electron chi connectivity index (χ1n) is 10.8. The Morgan fingerprint density at radius 3 is 2.32 bits per heavy atom. The minimum absolute atomic E-state index is 0. The van der Waals surface area contributed by atoms with Gasteiger partial charge in [-0.15, -0.1) is 12.4 Å². The third kappa shape index (κ3) is 6.50. The number of halogens is 2. The molecule has 1 aliphatic heterocycles. The number of nitrogens with zero attached hydrogens (tertiary/aromatic N) is 4. The number of hydrogen-bond donors (Lipinski definition) is 2. The van der Waals surface area contributed by atoms with Crippen molar-refractivity contribution in [1.29, 1.82) is 0 Å². The molecular weight excluding hydrogens is 495 g/mol. The molecule has 0 radical (unpaired) electrons. The van der Waals surface area contributed by atoms with E-state index < -0.39 is 10.0 Å². The predicted molar refractivity (Wildman–Crippen MR) is 140 cm³/mol. The van der Waals surface area contributed by atoms with Gasteiger partial charge in [-0.3, -0.25) is 4.72 Å². The zero-order valence-corrected chi connectivity index (χ0v) is 21.2. The summed E-state index contributed by atoms with van der Waals surface area (Å²) in [4.78, 5) is 13.8. The fourth-order valence-electron chi connectivity index (χ4n) is 3.60. The van der Waals surface area contributed by atoms with Crippen LogP contribution < -0.4 is 14.9 Å². The van der Waals surface area contributed by atoms with Crippen molar-refractivity contribution in [2.45, 2.75) is 18.4 Å². The zero-order chi connectivity index (χ0) is 23.3. The molecule has 1 fully saturated rings. The number of benzene rings is 2. The summed E-state index contributed by atoms with van der Waals surface area (Å²) in [5.41, 5.74) is 1.34. The smallest absolute Gasteiger partial charge is 0.262 e. The lowest BCUT2D eigenvalue weighted by atomic mass is 10.2. The maximum atomic E-state index is 12.9. The van der Waals surface area contributed by atoms with Crippen LogP contribution in [0, 0.1) is 0 Å². The molecule has 0 saturated carbocycles. The van der Waals surface area contributed by atoms with Gasteiger partial charge in [0.25, 0.3) is 10.0 Å². The van der Waals surface area contributed by atoms with Crippen LogP contribution in [0.5, 0.6) is 0 Å². The SMILES string of the molecule is CCN1CCN(c2ncc(NS(=O)(=O)c3ccc(Cl)cc3)c(NCc3ccccc3)n2)CC1.Cl. The minimum Gasteiger partial charge on any atom is -0.364 e. The molecule has 1 saturated heterocycles. The molecule has 0 bridgehead atoms. The Labute approximate surface area is 211 Å². The Morgan fingerprint density at radius 2 is 1.68 bits per heavy atom. The maximum Gasteiger partial charge on any atom is 0.262 e. The van der Waals surface area contributed by atoms with Crippen molar-refractivity contribution in [2.24, 2.45) is 0 Å². The Morgan fingerprint density at radius 1 is 1.00 bits per heavy atom. The molecule has 1 aromatic heterocycles. The van der Waals surface area contributed by atoms with Crippen molar-refractivity contribution in [1.82, 2.24) is 14.9 Å². The lowest BCUT2D eigenvalue weighted by Gasteiger charge is -2.34. The van der Waals surface area contributed by atoms with E-state index in [1.54, 1.807) is 12.1 Å². The normalized spacial score (nSPS) is 14.4.